The molecule has 0 radical (unpaired) electrons. The van der Waals surface area contributed by atoms with Gasteiger partial charge < -0.3 is 10.2 Å². The second-order valence-electron chi connectivity index (χ2n) is 4.26. The molecule has 1 aromatic carbocycles. The van der Waals surface area contributed by atoms with Gasteiger partial charge in [-0.1, -0.05) is 30.3 Å². The summed E-state index contributed by atoms with van der Waals surface area (Å²) in [5, 5.41) is 11.7. The van der Waals surface area contributed by atoms with Gasteiger partial charge >= 0.3 is 0 Å². The molecule has 0 unspecified atom stereocenters. The van der Waals surface area contributed by atoms with Crippen molar-refractivity contribution in [3.05, 3.63) is 35.9 Å². The number of carbonyl (C=O) groups is 1. The molecule has 1 amide bonds. The molecule has 0 bridgehead atoms. The van der Waals surface area contributed by atoms with E-state index in [1.807, 2.05) is 30.3 Å². The average molecular weight is 229 g/mol. The first-order valence-corrected chi connectivity index (χ1v) is 5.76. The highest BCUT2D eigenvalue weighted by molar-refractivity contribution is 5.78. The zero-order chi connectivity index (χ0) is 12.1. The van der Waals surface area contributed by atoms with Crippen LogP contribution in [-0.4, -0.2) is 29.9 Å². The molecule has 88 valence electrons. The van der Waals surface area contributed by atoms with Crippen LogP contribution in [0.4, 0.5) is 0 Å². The van der Waals surface area contributed by atoms with Gasteiger partial charge in [-0.15, -0.1) is 0 Å². The van der Waals surface area contributed by atoms with E-state index in [0.29, 0.717) is 13.0 Å². The van der Waals surface area contributed by atoms with E-state index in [9.17, 15) is 4.79 Å². The lowest BCUT2D eigenvalue weighted by atomic mass is 10.1. The molecule has 2 rings (SSSR count). The molecular formula is C13H15N3O. The van der Waals surface area contributed by atoms with Gasteiger partial charge in [-0.2, -0.15) is 5.26 Å². The highest BCUT2D eigenvalue weighted by atomic mass is 16.1. The minimum absolute atomic E-state index is 0.0287. The largest absolute Gasteiger partial charge is 0.351 e. The molecule has 0 aromatic heterocycles. The van der Waals surface area contributed by atoms with Gasteiger partial charge in [-0.3, -0.25) is 4.79 Å². The van der Waals surface area contributed by atoms with E-state index >= 15 is 0 Å². The van der Waals surface area contributed by atoms with E-state index < -0.39 is 0 Å². The third-order valence-electron chi connectivity index (χ3n) is 2.90. The minimum atomic E-state index is 0.0287. The molecule has 1 atom stereocenters. The first-order valence-electron chi connectivity index (χ1n) is 5.76. The third kappa shape index (κ3) is 3.22. The maximum atomic E-state index is 11.8. The molecule has 0 saturated carbocycles. The molecule has 0 spiro atoms. The van der Waals surface area contributed by atoms with Crippen molar-refractivity contribution in [3.63, 3.8) is 0 Å². The number of benzene rings is 1. The van der Waals surface area contributed by atoms with E-state index in [1.165, 1.54) is 0 Å². The van der Waals surface area contributed by atoms with Crippen LogP contribution in [0.5, 0.6) is 0 Å². The van der Waals surface area contributed by atoms with E-state index in [1.54, 1.807) is 4.90 Å². The van der Waals surface area contributed by atoms with E-state index in [-0.39, 0.29) is 11.9 Å². The van der Waals surface area contributed by atoms with Gasteiger partial charge in [0, 0.05) is 19.1 Å². The van der Waals surface area contributed by atoms with Crippen molar-refractivity contribution in [2.24, 2.45) is 0 Å². The molecule has 4 heteroatoms. The highest BCUT2D eigenvalue weighted by Crippen LogP contribution is 2.08. The van der Waals surface area contributed by atoms with Crippen molar-refractivity contribution in [2.45, 2.75) is 18.9 Å². The van der Waals surface area contributed by atoms with Crippen molar-refractivity contribution in [2.75, 3.05) is 13.1 Å². The summed E-state index contributed by atoms with van der Waals surface area (Å²) in [5.41, 5.74) is 1.01. The fourth-order valence-corrected chi connectivity index (χ4v) is 2.03. The summed E-state index contributed by atoms with van der Waals surface area (Å²) >= 11 is 0. The zero-order valence-electron chi connectivity index (χ0n) is 9.60. The van der Waals surface area contributed by atoms with E-state index in [0.717, 1.165) is 18.5 Å². The summed E-state index contributed by atoms with van der Waals surface area (Å²) in [7, 11) is 0. The van der Waals surface area contributed by atoms with Gasteiger partial charge in [0.2, 0.25) is 5.91 Å². The number of nitrogens with zero attached hydrogens (tertiary/aromatic N) is 2. The maximum absolute atomic E-state index is 11.8. The number of amides is 1. The van der Waals surface area contributed by atoms with Gasteiger partial charge in [-0.05, 0) is 12.0 Å². The van der Waals surface area contributed by atoms with Gasteiger partial charge in [-0.25, -0.2) is 0 Å². The molecule has 1 N–H and O–H groups in total. The normalized spacial score (nSPS) is 18.8. The molecule has 1 heterocycles. The molecule has 1 aromatic rings. The smallest absolute Gasteiger partial charge is 0.224 e. The number of nitriles is 1. The SMILES string of the molecule is N#CN1CC[C@H](NC(=O)Cc2ccccc2)C1. The number of carbonyl (C=O) groups excluding carboxylic acids is 1. The lowest BCUT2D eigenvalue weighted by Gasteiger charge is -2.12. The number of likely N-dealkylation sites (tertiary alicyclic amines) is 1. The molecule has 1 aliphatic heterocycles. The minimum Gasteiger partial charge on any atom is -0.351 e. The van der Waals surface area contributed by atoms with Crippen molar-refractivity contribution in [3.8, 4) is 6.19 Å². The molecule has 17 heavy (non-hydrogen) atoms. The van der Waals surface area contributed by atoms with Gasteiger partial charge in [0.1, 0.15) is 0 Å². The van der Waals surface area contributed by atoms with E-state index in [2.05, 4.69) is 11.5 Å². The van der Waals surface area contributed by atoms with Crippen LogP contribution in [0, 0.1) is 11.5 Å². The number of rotatable bonds is 3. The number of nitrogens with one attached hydrogen (secondary N) is 1. The Kier molecular flexibility index (Phi) is 3.61. The average Bonchev–Trinajstić information content (AvgIpc) is 2.78. The van der Waals surface area contributed by atoms with Crippen LogP contribution >= 0.6 is 0 Å². The summed E-state index contributed by atoms with van der Waals surface area (Å²) in [6.07, 6.45) is 3.36. The van der Waals surface area contributed by atoms with Crippen LogP contribution in [0.15, 0.2) is 30.3 Å². The second-order valence-corrected chi connectivity index (χ2v) is 4.26. The summed E-state index contributed by atoms with van der Waals surface area (Å²) in [5.74, 6) is 0.0287. The quantitative estimate of drug-likeness (QED) is 0.783. The lowest BCUT2D eigenvalue weighted by Crippen LogP contribution is -2.37. The fourth-order valence-electron chi connectivity index (χ4n) is 2.03. The monoisotopic (exact) mass is 229 g/mol. The lowest BCUT2D eigenvalue weighted by molar-refractivity contribution is -0.121. The molecule has 1 saturated heterocycles. The number of hydrogen-bond donors (Lipinski definition) is 1. The molecule has 1 fully saturated rings. The molecule has 4 nitrogen and oxygen atoms in total. The standard InChI is InChI=1S/C13H15N3O/c14-10-16-7-6-12(9-16)15-13(17)8-11-4-2-1-3-5-11/h1-5,12H,6-9H2,(H,15,17)/t12-/m0/s1. The van der Waals surface area contributed by atoms with Crippen LogP contribution in [0.3, 0.4) is 0 Å². The van der Waals surface area contributed by atoms with Gasteiger partial charge in [0.25, 0.3) is 0 Å². The summed E-state index contributed by atoms with van der Waals surface area (Å²) in [4.78, 5) is 13.4. The predicted octanol–water partition coefficient (Wildman–Crippen LogP) is 0.901. The Hall–Kier alpha value is -2.02. The Bertz CT molecular complexity index is 424. The van der Waals surface area contributed by atoms with Crippen molar-refractivity contribution >= 4 is 5.91 Å². The molecular weight excluding hydrogens is 214 g/mol. The Balaban J connectivity index is 1.81. The van der Waals surface area contributed by atoms with Crippen LogP contribution in [0.25, 0.3) is 0 Å². The van der Waals surface area contributed by atoms with Crippen LogP contribution in [-0.2, 0) is 11.2 Å². The fraction of sp³-hybridized carbons (Fsp3) is 0.385. The number of hydrogen-bond acceptors (Lipinski definition) is 3. The summed E-state index contributed by atoms with van der Waals surface area (Å²) < 4.78 is 0. The topological polar surface area (TPSA) is 56.1 Å². The third-order valence-corrected chi connectivity index (χ3v) is 2.90. The second kappa shape index (κ2) is 5.35. The van der Waals surface area contributed by atoms with Crippen molar-refractivity contribution < 1.29 is 4.79 Å². The first-order chi connectivity index (χ1) is 8.28. The molecule has 0 aliphatic carbocycles. The van der Waals surface area contributed by atoms with Crippen molar-refractivity contribution in [1.29, 1.82) is 5.26 Å². The Morgan fingerprint density at radius 2 is 2.24 bits per heavy atom. The Morgan fingerprint density at radius 1 is 1.47 bits per heavy atom. The highest BCUT2D eigenvalue weighted by Gasteiger charge is 2.22. The van der Waals surface area contributed by atoms with Gasteiger partial charge in [0.15, 0.2) is 6.19 Å². The maximum Gasteiger partial charge on any atom is 0.224 e. The molecule has 1 aliphatic rings. The van der Waals surface area contributed by atoms with Crippen LogP contribution < -0.4 is 5.32 Å². The van der Waals surface area contributed by atoms with Gasteiger partial charge in [0.05, 0.1) is 6.42 Å². The summed E-state index contributed by atoms with van der Waals surface area (Å²) in [6, 6.07) is 9.78. The Labute approximate surface area is 101 Å². The predicted molar refractivity (Wildman–Crippen MR) is 63.9 cm³/mol. The van der Waals surface area contributed by atoms with E-state index in [4.69, 9.17) is 5.26 Å². The Morgan fingerprint density at radius 3 is 2.88 bits per heavy atom. The van der Waals surface area contributed by atoms with Crippen LogP contribution in [0.1, 0.15) is 12.0 Å². The first kappa shape index (κ1) is 11.5. The van der Waals surface area contributed by atoms with Crippen molar-refractivity contribution in [1.82, 2.24) is 10.2 Å². The van der Waals surface area contributed by atoms with Crippen LogP contribution in [0.2, 0.25) is 0 Å². The zero-order valence-corrected chi connectivity index (χ0v) is 9.60. The summed E-state index contributed by atoms with van der Waals surface area (Å²) in [6.45, 7) is 1.38.